The molecule has 0 atom stereocenters. The van der Waals surface area contributed by atoms with Gasteiger partial charge in [0.15, 0.2) is 0 Å². The van der Waals surface area contributed by atoms with E-state index in [1.54, 1.807) is 0 Å². The van der Waals surface area contributed by atoms with Crippen molar-refractivity contribution in [2.45, 2.75) is 39.5 Å². The Morgan fingerprint density at radius 2 is 2.10 bits per heavy atom. The van der Waals surface area contributed by atoms with Crippen molar-refractivity contribution in [2.75, 3.05) is 6.54 Å². The molecule has 1 N–H and O–H groups in total. The molecule has 2 aliphatic rings. The second-order valence-corrected chi connectivity index (χ2v) is 6.13. The molecule has 0 spiro atoms. The third-order valence-corrected chi connectivity index (χ3v) is 4.86. The number of carbonyl (C=O) groups is 1. The molecule has 3 nitrogen and oxygen atoms in total. The van der Waals surface area contributed by atoms with Gasteiger partial charge in [0.25, 0.3) is 0 Å². The van der Waals surface area contributed by atoms with Crippen LogP contribution in [0.3, 0.4) is 0 Å². The number of fused-ring (bicyclic) bond motifs is 5. The van der Waals surface area contributed by atoms with Crippen LogP contribution in [-0.2, 0) is 11.2 Å². The quantitative estimate of drug-likeness (QED) is 0.848. The van der Waals surface area contributed by atoms with E-state index in [-0.39, 0.29) is 5.91 Å². The largest absolute Gasteiger partial charge is 0.353 e. The first-order valence-corrected chi connectivity index (χ1v) is 7.83. The molecule has 3 heteroatoms. The molecule has 108 valence electrons. The first kappa shape index (κ1) is 12.7. The maximum Gasteiger partial charge on any atom is 0.227 e. The molecule has 0 saturated heterocycles. The molecule has 0 bridgehead atoms. The van der Waals surface area contributed by atoms with Gasteiger partial charge in [-0.1, -0.05) is 18.6 Å². The Kier molecular flexibility index (Phi) is 2.71. The third kappa shape index (κ3) is 1.76. The second-order valence-electron chi connectivity index (χ2n) is 6.13. The first-order valence-electron chi connectivity index (χ1n) is 7.83. The number of aromatic nitrogens is 1. The Labute approximate surface area is 124 Å². The SMILES string of the molecule is CCC1=C2c3[nH]c4ccc(C)cc4c3CCN2C(=O)CC1. The maximum absolute atomic E-state index is 12.2. The Morgan fingerprint density at radius 1 is 1.24 bits per heavy atom. The summed E-state index contributed by atoms with van der Waals surface area (Å²) in [5.74, 6) is 0.280. The van der Waals surface area contributed by atoms with Gasteiger partial charge in [0.1, 0.15) is 0 Å². The van der Waals surface area contributed by atoms with Crippen molar-refractivity contribution >= 4 is 22.5 Å². The average Bonchev–Trinajstić information content (AvgIpc) is 2.86. The summed E-state index contributed by atoms with van der Waals surface area (Å²) in [4.78, 5) is 17.8. The van der Waals surface area contributed by atoms with E-state index in [1.807, 2.05) is 4.90 Å². The summed E-state index contributed by atoms with van der Waals surface area (Å²) in [7, 11) is 0. The number of hydrogen-bond donors (Lipinski definition) is 1. The molecule has 0 unspecified atom stereocenters. The highest BCUT2D eigenvalue weighted by Crippen LogP contribution is 2.40. The predicted octanol–water partition coefficient (Wildman–Crippen LogP) is 3.78. The molecule has 2 aromatic rings. The third-order valence-electron chi connectivity index (χ3n) is 4.86. The van der Waals surface area contributed by atoms with E-state index in [0.717, 1.165) is 25.8 Å². The number of carbonyl (C=O) groups excluding carboxylic acids is 1. The number of nitrogens with zero attached hydrogens (tertiary/aromatic N) is 1. The van der Waals surface area contributed by atoms with Crippen LogP contribution in [0.4, 0.5) is 0 Å². The molecule has 1 amide bonds. The fourth-order valence-electron chi connectivity index (χ4n) is 3.77. The van der Waals surface area contributed by atoms with Gasteiger partial charge in [-0.2, -0.15) is 0 Å². The summed E-state index contributed by atoms with van der Waals surface area (Å²) in [5, 5.41) is 1.32. The Hall–Kier alpha value is -2.03. The zero-order valence-corrected chi connectivity index (χ0v) is 12.6. The minimum atomic E-state index is 0.280. The maximum atomic E-state index is 12.2. The summed E-state index contributed by atoms with van der Waals surface area (Å²) in [6, 6.07) is 6.56. The minimum absolute atomic E-state index is 0.280. The van der Waals surface area contributed by atoms with E-state index in [9.17, 15) is 4.79 Å². The number of nitrogens with one attached hydrogen (secondary N) is 1. The molecule has 1 aromatic carbocycles. The van der Waals surface area contributed by atoms with E-state index < -0.39 is 0 Å². The number of benzene rings is 1. The number of H-pyrrole nitrogens is 1. The summed E-state index contributed by atoms with van der Waals surface area (Å²) in [6.07, 6.45) is 3.55. The normalized spacial score (nSPS) is 18.2. The molecule has 1 aromatic heterocycles. The van der Waals surface area contributed by atoms with Gasteiger partial charge in [0, 0.05) is 23.9 Å². The van der Waals surface area contributed by atoms with Crippen LogP contribution in [0.1, 0.15) is 43.0 Å². The summed E-state index contributed by atoms with van der Waals surface area (Å²) < 4.78 is 0. The van der Waals surface area contributed by atoms with Gasteiger partial charge in [-0.25, -0.2) is 0 Å². The molecule has 3 heterocycles. The van der Waals surface area contributed by atoms with Gasteiger partial charge in [-0.3, -0.25) is 4.79 Å². The van der Waals surface area contributed by atoms with E-state index in [1.165, 1.54) is 39.0 Å². The average molecular weight is 280 g/mol. The van der Waals surface area contributed by atoms with Crippen molar-refractivity contribution in [3.63, 3.8) is 0 Å². The van der Waals surface area contributed by atoms with Crippen molar-refractivity contribution in [1.82, 2.24) is 9.88 Å². The van der Waals surface area contributed by atoms with Crippen LogP contribution in [0.25, 0.3) is 16.6 Å². The van der Waals surface area contributed by atoms with Gasteiger partial charge in [0.2, 0.25) is 5.91 Å². The first-order chi connectivity index (χ1) is 10.2. The number of aromatic amines is 1. The molecule has 0 aliphatic carbocycles. The zero-order chi connectivity index (χ0) is 14.6. The van der Waals surface area contributed by atoms with Gasteiger partial charge >= 0.3 is 0 Å². The van der Waals surface area contributed by atoms with Crippen molar-refractivity contribution < 1.29 is 4.79 Å². The molecular weight excluding hydrogens is 260 g/mol. The van der Waals surface area contributed by atoms with Gasteiger partial charge in [0.05, 0.1) is 11.4 Å². The molecule has 2 aliphatic heterocycles. The molecule has 0 radical (unpaired) electrons. The smallest absolute Gasteiger partial charge is 0.227 e. The predicted molar refractivity (Wildman–Crippen MR) is 84.9 cm³/mol. The molecule has 0 saturated carbocycles. The lowest BCUT2D eigenvalue weighted by Crippen LogP contribution is -2.38. The van der Waals surface area contributed by atoms with Crippen LogP contribution in [0.15, 0.2) is 23.8 Å². The zero-order valence-electron chi connectivity index (χ0n) is 12.6. The van der Waals surface area contributed by atoms with E-state index in [4.69, 9.17) is 0 Å². The van der Waals surface area contributed by atoms with Crippen molar-refractivity contribution in [3.05, 3.63) is 40.6 Å². The second kappa shape index (κ2) is 4.48. The number of rotatable bonds is 1. The van der Waals surface area contributed by atoms with Crippen LogP contribution in [-0.4, -0.2) is 22.3 Å². The highest BCUT2D eigenvalue weighted by Gasteiger charge is 2.33. The standard InChI is InChI=1S/C18H20N2O/c1-3-12-5-7-16(21)20-9-8-13-14-10-11(2)4-6-15(14)19-17(13)18(12)20/h4,6,10,19H,3,5,7-9H2,1-2H3. The molecule has 21 heavy (non-hydrogen) atoms. The Morgan fingerprint density at radius 3 is 2.90 bits per heavy atom. The van der Waals surface area contributed by atoms with Gasteiger partial charge in [-0.15, -0.1) is 0 Å². The monoisotopic (exact) mass is 280 g/mol. The highest BCUT2D eigenvalue weighted by atomic mass is 16.2. The number of aryl methyl sites for hydroxylation is 1. The number of hydrogen-bond acceptors (Lipinski definition) is 1. The Balaban J connectivity index is 2.00. The van der Waals surface area contributed by atoms with Crippen molar-refractivity contribution in [2.24, 2.45) is 0 Å². The van der Waals surface area contributed by atoms with Crippen molar-refractivity contribution in [3.8, 4) is 0 Å². The van der Waals surface area contributed by atoms with Crippen LogP contribution < -0.4 is 0 Å². The molecule has 4 rings (SSSR count). The number of allylic oxidation sites excluding steroid dienone is 1. The summed E-state index contributed by atoms with van der Waals surface area (Å²) in [6.45, 7) is 5.15. The number of amides is 1. The molecular formula is C18H20N2O. The molecule has 0 fully saturated rings. The highest BCUT2D eigenvalue weighted by molar-refractivity contribution is 5.96. The fraction of sp³-hybridized carbons (Fsp3) is 0.389. The van der Waals surface area contributed by atoms with Gasteiger partial charge in [-0.05, 0) is 49.5 Å². The van der Waals surface area contributed by atoms with Gasteiger partial charge < -0.3 is 9.88 Å². The Bertz CT molecular complexity index is 782. The van der Waals surface area contributed by atoms with Crippen molar-refractivity contribution in [1.29, 1.82) is 0 Å². The van der Waals surface area contributed by atoms with Crippen LogP contribution in [0, 0.1) is 6.92 Å². The lowest BCUT2D eigenvalue weighted by molar-refractivity contribution is -0.128. The lowest BCUT2D eigenvalue weighted by atomic mass is 9.91. The van der Waals surface area contributed by atoms with E-state index >= 15 is 0 Å². The van der Waals surface area contributed by atoms with Crippen LogP contribution in [0.5, 0.6) is 0 Å². The van der Waals surface area contributed by atoms with E-state index in [0.29, 0.717) is 6.42 Å². The summed E-state index contributed by atoms with van der Waals surface area (Å²) >= 11 is 0. The topological polar surface area (TPSA) is 36.1 Å². The van der Waals surface area contributed by atoms with Crippen LogP contribution in [0.2, 0.25) is 0 Å². The fourth-order valence-corrected chi connectivity index (χ4v) is 3.77. The van der Waals surface area contributed by atoms with E-state index in [2.05, 4.69) is 37.0 Å². The minimum Gasteiger partial charge on any atom is -0.353 e. The van der Waals surface area contributed by atoms with Crippen LogP contribution >= 0.6 is 0 Å². The lowest BCUT2D eigenvalue weighted by Gasteiger charge is -2.35. The summed E-state index contributed by atoms with van der Waals surface area (Å²) in [5.41, 5.74) is 7.64.